The van der Waals surface area contributed by atoms with E-state index in [1.54, 1.807) is 20.8 Å². The highest BCUT2D eigenvalue weighted by Crippen LogP contribution is 2.53. The molecule has 146 valence electrons. The van der Waals surface area contributed by atoms with Crippen LogP contribution in [0.4, 0.5) is 10.5 Å². The molecule has 0 bridgehead atoms. The number of fused-ring (bicyclic) bond motifs is 3. The van der Waals surface area contributed by atoms with Gasteiger partial charge in [0, 0.05) is 5.25 Å². The molecule has 1 aromatic rings. The van der Waals surface area contributed by atoms with Gasteiger partial charge in [-0.2, -0.15) is 0 Å². The van der Waals surface area contributed by atoms with Crippen molar-refractivity contribution in [2.75, 3.05) is 18.9 Å². The van der Waals surface area contributed by atoms with Gasteiger partial charge in [0.15, 0.2) is 0 Å². The number of primary amides is 1. The van der Waals surface area contributed by atoms with Crippen molar-refractivity contribution in [2.45, 2.75) is 42.4 Å². The second kappa shape index (κ2) is 7.22. The zero-order valence-electron chi connectivity index (χ0n) is 15.4. The van der Waals surface area contributed by atoms with Crippen molar-refractivity contribution in [1.82, 2.24) is 5.32 Å². The smallest absolute Gasteiger partial charge is 0.407 e. The summed E-state index contributed by atoms with van der Waals surface area (Å²) >= 11 is 1.54. The van der Waals surface area contributed by atoms with Crippen LogP contribution in [-0.2, 0) is 9.47 Å². The number of hydrogen-bond donors (Lipinski definition) is 3. The summed E-state index contributed by atoms with van der Waals surface area (Å²) in [4.78, 5) is 23.8. The van der Waals surface area contributed by atoms with Crippen LogP contribution in [0.1, 0.15) is 43.0 Å². The molecule has 0 radical (unpaired) electrons. The molecular weight excluding hydrogens is 370 g/mol. The van der Waals surface area contributed by atoms with Crippen molar-refractivity contribution >= 4 is 29.4 Å². The molecule has 5 N–H and O–H groups in total. The number of nitrogens with two attached hydrogens (primary N) is 2. The summed E-state index contributed by atoms with van der Waals surface area (Å²) in [6.45, 7) is 6.01. The molecule has 2 unspecified atom stereocenters. The van der Waals surface area contributed by atoms with Gasteiger partial charge in [0.25, 0.3) is 5.91 Å². The first kappa shape index (κ1) is 19.2. The first-order chi connectivity index (χ1) is 12.7. The van der Waals surface area contributed by atoms with Crippen LogP contribution in [0.5, 0.6) is 0 Å². The van der Waals surface area contributed by atoms with Crippen LogP contribution in [0.3, 0.4) is 0 Å². The SMILES string of the molecule is CC(C)(C)OC(=O)NCCOC1=CC2c3oc(C(N)=O)c(N)c3SC2C=C1. The van der Waals surface area contributed by atoms with Gasteiger partial charge in [-0.05, 0) is 32.9 Å². The average Bonchev–Trinajstić information content (AvgIpc) is 3.07. The minimum atomic E-state index is -0.681. The number of alkyl carbamates (subject to hydrolysis) is 1. The fourth-order valence-electron chi connectivity index (χ4n) is 2.81. The van der Waals surface area contributed by atoms with Crippen LogP contribution >= 0.6 is 11.8 Å². The van der Waals surface area contributed by atoms with Gasteiger partial charge in [0.1, 0.15) is 23.7 Å². The molecule has 2 amide bonds. The Morgan fingerprint density at radius 1 is 1.37 bits per heavy atom. The molecule has 0 aromatic carbocycles. The molecule has 3 rings (SSSR count). The maximum absolute atomic E-state index is 11.6. The maximum Gasteiger partial charge on any atom is 0.407 e. The predicted molar refractivity (Wildman–Crippen MR) is 101 cm³/mol. The van der Waals surface area contributed by atoms with E-state index in [9.17, 15) is 9.59 Å². The van der Waals surface area contributed by atoms with Crippen LogP contribution in [-0.4, -0.2) is 36.0 Å². The standard InChI is InChI=1S/C18H23N3O5S/c1-18(2,3)26-17(23)21-6-7-24-9-4-5-11-10(8-9)13-15(27-11)12(19)14(25-13)16(20)22/h4-5,8,10-11H,6-7,19H2,1-3H3,(H2,20,22)(H,21,23). The summed E-state index contributed by atoms with van der Waals surface area (Å²) in [6.07, 6.45) is 5.31. The molecule has 8 nitrogen and oxygen atoms in total. The molecule has 1 aromatic heterocycles. The number of thioether (sulfide) groups is 1. The molecule has 2 atom stereocenters. The second-order valence-electron chi connectivity index (χ2n) is 7.22. The quantitative estimate of drug-likeness (QED) is 0.655. The molecule has 2 aliphatic rings. The fourth-order valence-corrected chi connectivity index (χ4v) is 4.11. The summed E-state index contributed by atoms with van der Waals surface area (Å²) in [5.41, 5.74) is 11.0. The van der Waals surface area contributed by atoms with Crippen LogP contribution in [0.25, 0.3) is 0 Å². The maximum atomic E-state index is 11.6. The normalized spacial score (nSPS) is 20.5. The van der Waals surface area contributed by atoms with E-state index in [1.807, 2.05) is 18.2 Å². The van der Waals surface area contributed by atoms with E-state index in [1.165, 1.54) is 11.8 Å². The number of nitrogens with one attached hydrogen (secondary N) is 1. The van der Waals surface area contributed by atoms with Gasteiger partial charge in [0.2, 0.25) is 5.76 Å². The van der Waals surface area contributed by atoms with E-state index < -0.39 is 17.6 Å². The van der Waals surface area contributed by atoms with Gasteiger partial charge < -0.3 is 30.7 Å². The number of carbonyl (C=O) groups is 2. The van der Waals surface area contributed by atoms with Crippen molar-refractivity contribution in [3.05, 3.63) is 35.5 Å². The lowest BCUT2D eigenvalue weighted by molar-refractivity contribution is 0.0514. The van der Waals surface area contributed by atoms with Crippen LogP contribution < -0.4 is 16.8 Å². The Bertz CT molecular complexity index is 822. The van der Waals surface area contributed by atoms with Gasteiger partial charge in [0.05, 0.1) is 23.0 Å². The number of furan rings is 1. The highest BCUT2D eigenvalue weighted by Gasteiger charge is 2.39. The molecule has 27 heavy (non-hydrogen) atoms. The monoisotopic (exact) mass is 393 g/mol. The molecular formula is C18H23N3O5S. The number of amides is 2. The first-order valence-electron chi connectivity index (χ1n) is 8.54. The summed E-state index contributed by atoms with van der Waals surface area (Å²) in [5, 5.41) is 2.77. The lowest BCUT2D eigenvalue weighted by Gasteiger charge is -2.20. The van der Waals surface area contributed by atoms with Gasteiger partial charge >= 0.3 is 6.09 Å². The van der Waals surface area contributed by atoms with Crippen molar-refractivity contribution in [3.8, 4) is 0 Å². The zero-order valence-corrected chi connectivity index (χ0v) is 16.2. The molecule has 1 aliphatic carbocycles. The number of allylic oxidation sites excluding steroid dienone is 2. The molecule has 1 aliphatic heterocycles. The summed E-state index contributed by atoms with van der Waals surface area (Å²) in [7, 11) is 0. The lowest BCUT2D eigenvalue weighted by atomic mass is 9.97. The highest BCUT2D eigenvalue weighted by atomic mass is 32.2. The molecule has 0 saturated heterocycles. The van der Waals surface area contributed by atoms with Crippen molar-refractivity contribution < 1.29 is 23.5 Å². The number of anilines is 1. The van der Waals surface area contributed by atoms with Crippen molar-refractivity contribution in [2.24, 2.45) is 5.73 Å². The fraction of sp³-hybridized carbons (Fsp3) is 0.444. The summed E-state index contributed by atoms with van der Waals surface area (Å²) in [6, 6.07) is 0. The topological polar surface area (TPSA) is 130 Å². The van der Waals surface area contributed by atoms with E-state index in [2.05, 4.69) is 5.32 Å². The van der Waals surface area contributed by atoms with Gasteiger partial charge in [-0.15, -0.1) is 11.8 Å². The van der Waals surface area contributed by atoms with Gasteiger partial charge in [-0.3, -0.25) is 4.79 Å². The Morgan fingerprint density at radius 3 is 2.78 bits per heavy atom. The van der Waals surface area contributed by atoms with E-state index in [-0.39, 0.29) is 16.9 Å². The molecule has 0 spiro atoms. The van der Waals surface area contributed by atoms with Gasteiger partial charge in [-0.25, -0.2) is 4.79 Å². The van der Waals surface area contributed by atoms with E-state index in [0.29, 0.717) is 30.4 Å². The number of hydrogen-bond acceptors (Lipinski definition) is 7. The summed E-state index contributed by atoms with van der Waals surface area (Å²) in [5.74, 6) is 0.524. The minimum absolute atomic E-state index is 0.00191. The Morgan fingerprint density at radius 2 is 2.11 bits per heavy atom. The predicted octanol–water partition coefficient (Wildman–Crippen LogP) is 2.51. The number of carbonyl (C=O) groups excluding carboxylic acids is 2. The Labute approximate surface area is 161 Å². The van der Waals surface area contributed by atoms with E-state index >= 15 is 0 Å². The van der Waals surface area contributed by atoms with Crippen LogP contribution in [0.15, 0.2) is 33.3 Å². The van der Waals surface area contributed by atoms with Crippen molar-refractivity contribution in [3.63, 3.8) is 0 Å². The largest absolute Gasteiger partial charge is 0.492 e. The molecule has 2 heterocycles. The first-order valence-corrected chi connectivity index (χ1v) is 9.42. The van der Waals surface area contributed by atoms with Crippen LogP contribution in [0, 0.1) is 0 Å². The average molecular weight is 393 g/mol. The van der Waals surface area contributed by atoms with Crippen molar-refractivity contribution in [1.29, 1.82) is 0 Å². The molecule has 0 fully saturated rings. The zero-order chi connectivity index (χ0) is 19.8. The number of nitrogen functional groups attached to an aromatic ring is 1. The van der Waals surface area contributed by atoms with E-state index in [0.717, 1.165) is 4.90 Å². The molecule has 9 heteroatoms. The third kappa shape index (κ3) is 4.24. The minimum Gasteiger partial charge on any atom is -0.492 e. The Balaban J connectivity index is 1.57. The molecule has 0 saturated carbocycles. The van der Waals surface area contributed by atoms with E-state index in [4.69, 9.17) is 25.4 Å². The Kier molecular flexibility index (Phi) is 5.14. The summed E-state index contributed by atoms with van der Waals surface area (Å²) < 4.78 is 16.5. The number of rotatable bonds is 5. The van der Waals surface area contributed by atoms with Gasteiger partial charge in [-0.1, -0.05) is 6.08 Å². The Hall–Kier alpha value is -2.55. The third-order valence-corrected chi connectivity index (χ3v) is 5.27. The third-order valence-electron chi connectivity index (χ3n) is 3.89. The lowest BCUT2D eigenvalue weighted by Crippen LogP contribution is -2.34. The second-order valence-corrected chi connectivity index (χ2v) is 8.40. The highest BCUT2D eigenvalue weighted by molar-refractivity contribution is 8.00. The van der Waals surface area contributed by atoms with Crippen LogP contribution in [0.2, 0.25) is 0 Å². The number of ether oxygens (including phenoxy) is 2.